The molecule has 1 aliphatic rings. The van der Waals surface area contributed by atoms with Crippen molar-refractivity contribution in [3.63, 3.8) is 0 Å². The van der Waals surface area contributed by atoms with Crippen LogP contribution >= 0.6 is 0 Å². The summed E-state index contributed by atoms with van der Waals surface area (Å²) in [6.45, 7) is 1.38. The zero-order valence-electron chi connectivity index (χ0n) is 7.75. The van der Waals surface area contributed by atoms with E-state index in [2.05, 4.69) is 10.3 Å². The highest BCUT2D eigenvalue weighted by molar-refractivity contribution is 5.82. The van der Waals surface area contributed by atoms with Gasteiger partial charge in [-0.3, -0.25) is 9.79 Å². The molecule has 0 amide bonds. The molecule has 1 heterocycles. The molecule has 4 nitrogen and oxygen atoms in total. The van der Waals surface area contributed by atoms with E-state index in [1.165, 1.54) is 12.8 Å². The second kappa shape index (κ2) is 5.56. The number of hydrogen-bond acceptors (Lipinski definition) is 3. The maximum Gasteiger partial charge on any atom is 0.305 e. The number of nitrogens with zero attached hydrogens (tertiary/aromatic N) is 1. The van der Waals surface area contributed by atoms with E-state index in [9.17, 15) is 4.79 Å². The quantitative estimate of drug-likeness (QED) is 0.688. The number of aliphatic carboxylic acids is 1. The van der Waals surface area contributed by atoms with E-state index in [1.54, 1.807) is 0 Å². The molecular weight excluding hydrogens is 168 g/mol. The Kier molecular flexibility index (Phi) is 4.29. The summed E-state index contributed by atoms with van der Waals surface area (Å²) in [4.78, 5) is 14.6. The van der Waals surface area contributed by atoms with E-state index in [-0.39, 0.29) is 6.42 Å². The smallest absolute Gasteiger partial charge is 0.305 e. The molecule has 2 N–H and O–H groups in total. The minimum atomic E-state index is -0.762. The molecular formula is C9H16N2O2. The lowest BCUT2D eigenvalue weighted by Crippen LogP contribution is -2.25. The molecule has 1 aliphatic heterocycles. The lowest BCUT2D eigenvalue weighted by Gasteiger charge is -2.05. The summed E-state index contributed by atoms with van der Waals surface area (Å²) in [6.07, 6.45) is 4.69. The average Bonchev–Trinajstić information content (AvgIpc) is 2.32. The van der Waals surface area contributed by atoms with Crippen molar-refractivity contribution in [3.8, 4) is 0 Å². The van der Waals surface area contributed by atoms with Crippen LogP contribution in [0.3, 0.4) is 0 Å². The summed E-state index contributed by atoms with van der Waals surface area (Å²) in [6, 6.07) is 0. The van der Waals surface area contributed by atoms with Crippen molar-refractivity contribution < 1.29 is 9.90 Å². The van der Waals surface area contributed by atoms with Crippen LogP contribution in [0.1, 0.15) is 32.1 Å². The molecule has 0 saturated carbocycles. The number of carboxylic acids is 1. The van der Waals surface area contributed by atoms with Crippen molar-refractivity contribution >= 4 is 11.8 Å². The molecule has 0 unspecified atom stereocenters. The fourth-order valence-corrected chi connectivity index (χ4v) is 1.33. The maximum atomic E-state index is 10.2. The van der Waals surface area contributed by atoms with E-state index < -0.39 is 5.97 Å². The Hall–Kier alpha value is -1.06. The van der Waals surface area contributed by atoms with Crippen molar-refractivity contribution in [2.75, 3.05) is 13.1 Å². The Morgan fingerprint density at radius 2 is 2.31 bits per heavy atom. The molecule has 4 heteroatoms. The van der Waals surface area contributed by atoms with E-state index in [0.717, 1.165) is 25.2 Å². The highest BCUT2D eigenvalue weighted by Gasteiger charge is 2.03. The highest BCUT2D eigenvalue weighted by Crippen LogP contribution is 2.05. The summed E-state index contributed by atoms with van der Waals surface area (Å²) >= 11 is 0. The molecule has 74 valence electrons. The van der Waals surface area contributed by atoms with Gasteiger partial charge in [0.05, 0.1) is 12.3 Å². The monoisotopic (exact) mass is 184 g/mol. The van der Waals surface area contributed by atoms with Crippen LogP contribution in [0.4, 0.5) is 0 Å². The van der Waals surface area contributed by atoms with E-state index >= 15 is 0 Å². The van der Waals surface area contributed by atoms with Crippen molar-refractivity contribution in [1.82, 2.24) is 5.32 Å². The Bertz CT molecular complexity index is 202. The average molecular weight is 184 g/mol. The van der Waals surface area contributed by atoms with Crippen molar-refractivity contribution in [1.29, 1.82) is 0 Å². The fraction of sp³-hybridized carbons (Fsp3) is 0.778. The summed E-state index contributed by atoms with van der Waals surface area (Å²) in [5, 5.41) is 11.5. The van der Waals surface area contributed by atoms with Crippen LogP contribution in [0.15, 0.2) is 4.99 Å². The van der Waals surface area contributed by atoms with E-state index in [4.69, 9.17) is 5.11 Å². The normalized spacial score (nSPS) is 17.4. The number of hydrogen-bond donors (Lipinski definition) is 2. The predicted molar refractivity (Wildman–Crippen MR) is 51.0 cm³/mol. The van der Waals surface area contributed by atoms with Gasteiger partial charge in [0.15, 0.2) is 0 Å². The number of aliphatic imine (C=N–C) groups is 1. The van der Waals surface area contributed by atoms with Crippen LogP contribution in [-0.2, 0) is 4.79 Å². The number of carboxylic acid groups (broad SMARTS) is 1. The van der Waals surface area contributed by atoms with Gasteiger partial charge in [-0.05, 0) is 12.8 Å². The molecule has 0 atom stereocenters. The van der Waals surface area contributed by atoms with Crippen molar-refractivity contribution in [2.45, 2.75) is 32.1 Å². The van der Waals surface area contributed by atoms with Crippen LogP contribution in [-0.4, -0.2) is 30.0 Å². The molecule has 0 radical (unpaired) electrons. The van der Waals surface area contributed by atoms with Crippen LogP contribution in [0.2, 0.25) is 0 Å². The molecule has 1 rings (SSSR count). The molecule has 0 aliphatic carbocycles. The summed E-state index contributed by atoms with van der Waals surface area (Å²) < 4.78 is 0. The minimum absolute atomic E-state index is 0.166. The Balaban J connectivity index is 2.18. The molecule has 0 bridgehead atoms. The third kappa shape index (κ3) is 4.50. The first-order valence-electron chi connectivity index (χ1n) is 4.78. The Morgan fingerprint density at radius 1 is 1.46 bits per heavy atom. The lowest BCUT2D eigenvalue weighted by molar-refractivity contribution is -0.136. The Morgan fingerprint density at radius 3 is 3.08 bits per heavy atom. The standard InChI is InChI=1S/C9H16N2O2/c12-9(13)5-7-11-8-4-2-1-3-6-10-8/h1-7H2,(H,10,11)(H,12,13). The van der Waals surface area contributed by atoms with Gasteiger partial charge in [0.25, 0.3) is 0 Å². The van der Waals surface area contributed by atoms with E-state index in [1.807, 2.05) is 0 Å². The molecule has 13 heavy (non-hydrogen) atoms. The van der Waals surface area contributed by atoms with Crippen molar-refractivity contribution in [3.05, 3.63) is 0 Å². The van der Waals surface area contributed by atoms with Gasteiger partial charge >= 0.3 is 5.97 Å². The fourth-order valence-electron chi connectivity index (χ4n) is 1.33. The van der Waals surface area contributed by atoms with Gasteiger partial charge in [0, 0.05) is 19.5 Å². The molecule has 0 aromatic heterocycles. The lowest BCUT2D eigenvalue weighted by atomic mass is 10.2. The van der Waals surface area contributed by atoms with Gasteiger partial charge in [-0.15, -0.1) is 0 Å². The predicted octanol–water partition coefficient (Wildman–Crippen LogP) is 1.02. The topological polar surface area (TPSA) is 61.7 Å². The summed E-state index contributed by atoms with van der Waals surface area (Å²) in [5.41, 5.74) is 0. The molecule has 0 spiro atoms. The first-order valence-corrected chi connectivity index (χ1v) is 4.78. The SMILES string of the molecule is O=C(O)CCNC1=NCCCCC1. The van der Waals surface area contributed by atoms with E-state index in [0.29, 0.717) is 6.54 Å². The second-order valence-corrected chi connectivity index (χ2v) is 3.21. The van der Waals surface area contributed by atoms with Crippen LogP contribution in [0.5, 0.6) is 0 Å². The minimum Gasteiger partial charge on any atom is -0.481 e. The van der Waals surface area contributed by atoms with Crippen LogP contribution in [0, 0.1) is 0 Å². The first kappa shape index (κ1) is 10.0. The van der Waals surface area contributed by atoms with Crippen molar-refractivity contribution in [2.24, 2.45) is 4.99 Å². The summed E-state index contributed by atoms with van der Waals surface area (Å²) in [7, 11) is 0. The molecule has 0 aromatic rings. The number of carbonyl (C=O) groups is 1. The van der Waals surface area contributed by atoms with Crippen LogP contribution < -0.4 is 5.32 Å². The number of amidine groups is 1. The van der Waals surface area contributed by atoms with Gasteiger partial charge in [-0.1, -0.05) is 6.42 Å². The van der Waals surface area contributed by atoms with Gasteiger partial charge in [0.1, 0.15) is 0 Å². The van der Waals surface area contributed by atoms with Gasteiger partial charge in [-0.25, -0.2) is 0 Å². The molecule has 0 fully saturated rings. The zero-order chi connectivity index (χ0) is 9.52. The maximum absolute atomic E-state index is 10.2. The van der Waals surface area contributed by atoms with Gasteiger partial charge in [-0.2, -0.15) is 0 Å². The van der Waals surface area contributed by atoms with Gasteiger partial charge in [0.2, 0.25) is 0 Å². The molecule has 0 aromatic carbocycles. The van der Waals surface area contributed by atoms with Crippen LogP contribution in [0.25, 0.3) is 0 Å². The molecule has 0 saturated heterocycles. The number of nitrogens with one attached hydrogen (secondary N) is 1. The third-order valence-electron chi connectivity index (χ3n) is 2.04. The largest absolute Gasteiger partial charge is 0.481 e. The highest BCUT2D eigenvalue weighted by atomic mass is 16.4. The third-order valence-corrected chi connectivity index (χ3v) is 2.04. The second-order valence-electron chi connectivity index (χ2n) is 3.21. The number of rotatable bonds is 3. The zero-order valence-corrected chi connectivity index (χ0v) is 7.75. The summed E-state index contributed by atoms with van der Waals surface area (Å²) in [5.74, 6) is 0.223. The van der Waals surface area contributed by atoms with Gasteiger partial charge < -0.3 is 10.4 Å². The first-order chi connectivity index (χ1) is 6.29. The Labute approximate surface area is 78.1 Å².